The normalized spacial score (nSPS) is 8.95. The summed E-state index contributed by atoms with van der Waals surface area (Å²) in [4.78, 5) is 9.18. The molecule has 0 aliphatic heterocycles. The Morgan fingerprint density at radius 3 is 2.00 bits per heavy atom. The molecule has 0 fully saturated rings. The minimum absolute atomic E-state index is 0.168. The lowest BCUT2D eigenvalue weighted by Crippen LogP contribution is -2.10. The summed E-state index contributed by atoms with van der Waals surface area (Å²) < 4.78 is 16.5. The van der Waals surface area contributed by atoms with E-state index in [1.807, 2.05) is 26.2 Å². The predicted octanol–water partition coefficient (Wildman–Crippen LogP) is 2.77. The second-order valence-corrected chi connectivity index (χ2v) is 4.49. The summed E-state index contributed by atoms with van der Waals surface area (Å²) in [5, 5.41) is 6.11. The summed E-state index contributed by atoms with van der Waals surface area (Å²) in [7, 11) is 3.89. The number of nitrogens with one attached hydrogen (secondary N) is 2. The highest BCUT2D eigenvalue weighted by Crippen LogP contribution is 2.02. The van der Waals surface area contributed by atoms with Gasteiger partial charge in [0.25, 0.3) is 6.47 Å². The lowest BCUT2D eigenvalue weighted by Gasteiger charge is -1.98. The first-order valence-corrected chi connectivity index (χ1v) is 7.75. The van der Waals surface area contributed by atoms with Crippen molar-refractivity contribution in [2.24, 2.45) is 0 Å². The number of carbonyl (C=O) groups is 1. The molecule has 1 aromatic carbocycles. The maximum absolute atomic E-state index is 12.4. The molecule has 5 heteroatoms. The first-order valence-electron chi connectivity index (χ1n) is 7.75. The molecule has 0 aliphatic carbocycles. The van der Waals surface area contributed by atoms with Crippen molar-refractivity contribution in [3.05, 3.63) is 35.6 Å². The third kappa shape index (κ3) is 18.5. The smallest absolute Gasteiger partial charge is 0.293 e. The molecule has 0 spiro atoms. The molecule has 0 aliphatic rings. The van der Waals surface area contributed by atoms with Crippen molar-refractivity contribution in [1.29, 1.82) is 0 Å². The zero-order valence-electron chi connectivity index (χ0n) is 14.3. The third-order valence-electron chi connectivity index (χ3n) is 2.59. The Hall–Kier alpha value is -1.46. The minimum atomic E-state index is -0.168. The van der Waals surface area contributed by atoms with E-state index in [-0.39, 0.29) is 5.82 Å². The average Bonchev–Trinajstić information content (AvgIpc) is 2.54. The van der Waals surface area contributed by atoms with Crippen LogP contribution >= 0.6 is 0 Å². The van der Waals surface area contributed by atoms with Gasteiger partial charge in [0.05, 0.1) is 6.61 Å². The molecule has 0 saturated heterocycles. The highest BCUT2D eigenvalue weighted by atomic mass is 19.1. The summed E-state index contributed by atoms with van der Waals surface area (Å²) in [5.74, 6) is -0.168. The van der Waals surface area contributed by atoms with Crippen LogP contribution < -0.4 is 10.6 Å². The van der Waals surface area contributed by atoms with Gasteiger partial charge in [0.2, 0.25) is 0 Å². The van der Waals surface area contributed by atoms with Crippen molar-refractivity contribution in [3.8, 4) is 0 Å². The van der Waals surface area contributed by atoms with Gasteiger partial charge < -0.3 is 15.4 Å². The molecule has 22 heavy (non-hydrogen) atoms. The quantitative estimate of drug-likeness (QED) is 0.572. The molecule has 0 amide bonds. The van der Waals surface area contributed by atoms with Crippen molar-refractivity contribution >= 4 is 6.47 Å². The van der Waals surface area contributed by atoms with Gasteiger partial charge in [-0.3, -0.25) is 4.79 Å². The summed E-state index contributed by atoms with van der Waals surface area (Å²) in [6.07, 6.45) is 3.55. The second kappa shape index (κ2) is 19.5. The van der Waals surface area contributed by atoms with Crippen LogP contribution in [0.5, 0.6) is 0 Å². The number of rotatable bonds is 8. The summed E-state index contributed by atoms with van der Waals surface area (Å²) in [5.41, 5.74) is 1.17. The summed E-state index contributed by atoms with van der Waals surface area (Å²) in [6, 6.07) is 6.61. The number of hydrogen-bond donors (Lipinski definition) is 2. The van der Waals surface area contributed by atoms with E-state index in [9.17, 15) is 9.18 Å². The Balaban J connectivity index is 0. The van der Waals surface area contributed by atoms with Crippen LogP contribution in [0.1, 0.15) is 32.3 Å². The van der Waals surface area contributed by atoms with Crippen LogP contribution in [-0.2, 0) is 16.0 Å². The van der Waals surface area contributed by atoms with Gasteiger partial charge >= 0.3 is 0 Å². The maximum atomic E-state index is 12.4. The lowest BCUT2D eigenvalue weighted by molar-refractivity contribution is -0.128. The van der Waals surface area contributed by atoms with Crippen molar-refractivity contribution in [2.75, 3.05) is 33.8 Å². The fourth-order valence-electron chi connectivity index (χ4n) is 1.34. The SMILES string of the molecule is CCCCNC.CCOC=O.CNCCc1ccc(F)cc1. The fourth-order valence-corrected chi connectivity index (χ4v) is 1.34. The van der Waals surface area contributed by atoms with Crippen molar-refractivity contribution in [1.82, 2.24) is 10.6 Å². The highest BCUT2D eigenvalue weighted by Gasteiger charge is 1.91. The Morgan fingerprint density at radius 2 is 1.68 bits per heavy atom. The van der Waals surface area contributed by atoms with Crippen LogP contribution in [0.3, 0.4) is 0 Å². The molecule has 1 rings (SSSR count). The molecule has 0 unspecified atom stereocenters. The Morgan fingerprint density at radius 1 is 1.09 bits per heavy atom. The van der Waals surface area contributed by atoms with E-state index in [1.54, 1.807) is 6.92 Å². The van der Waals surface area contributed by atoms with Gasteiger partial charge in [0.15, 0.2) is 0 Å². The highest BCUT2D eigenvalue weighted by molar-refractivity contribution is 5.36. The number of unbranched alkanes of at least 4 members (excludes halogenated alkanes) is 1. The Kier molecular flexibility index (Phi) is 20.3. The molecule has 0 bridgehead atoms. The molecule has 0 heterocycles. The molecule has 0 radical (unpaired) electrons. The van der Waals surface area contributed by atoms with E-state index in [0.29, 0.717) is 13.1 Å². The molecular formula is C17H31FN2O2. The van der Waals surface area contributed by atoms with Crippen LogP contribution in [0.2, 0.25) is 0 Å². The monoisotopic (exact) mass is 314 g/mol. The minimum Gasteiger partial charge on any atom is -0.468 e. The fraction of sp³-hybridized carbons (Fsp3) is 0.588. The molecule has 4 nitrogen and oxygen atoms in total. The maximum Gasteiger partial charge on any atom is 0.293 e. The van der Waals surface area contributed by atoms with Gasteiger partial charge in [-0.1, -0.05) is 25.5 Å². The second-order valence-electron chi connectivity index (χ2n) is 4.49. The van der Waals surface area contributed by atoms with Crippen LogP contribution in [0.15, 0.2) is 24.3 Å². The van der Waals surface area contributed by atoms with Crippen molar-refractivity contribution in [3.63, 3.8) is 0 Å². The Bertz CT molecular complexity index is 328. The molecule has 2 N–H and O–H groups in total. The summed E-state index contributed by atoms with van der Waals surface area (Å²) in [6.45, 7) is 6.96. The molecule has 0 atom stereocenters. The van der Waals surface area contributed by atoms with Gasteiger partial charge in [-0.25, -0.2) is 4.39 Å². The first-order chi connectivity index (χ1) is 10.7. The van der Waals surface area contributed by atoms with Crippen molar-refractivity contribution < 1.29 is 13.9 Å². The molecule has 0 aromatic heterocycles. The molecule has 0 saturated carbocycles. The van der Waals surface area contributed by atoms with Crippen molar-refractivity contribution in [2.45, 2.75) is 33.1 Å². The van der Waals surface area contributed by atoms with Gasteiger partial charge in [0.1, 0.15) is 5.82 Å². The standard InChI is InChI=1S/C9H12FN.C5H13N.C3H6O2/c1-11-7-6-8-2-4-9(10)5-3-8;1-3-4-5-6-2;1-2-5-3-4/h2-5,11H,6-7H2,1H3;6H,3-5H2,1-2H3;3H,2H2,1H3. The number of carbonyl (C=O) groups excluding carboxylic acids is 1. The van der Waals surface area contributed by atoms with Crippen LogP contribution in [-0.4, -0.2) is 40.3 Å². The van der Waals surface area contributed by atoms with Gasteiger partial charge in [-0.2, -0.15) is 0 Å². The van der Waals surface area contributed by atoms with E-state index in [4.69, 9.17) is 0 Å². The van der Waals surface area contributed by atoms with Gasteiger partial charge in [0, 0.05) is 0 Å². The van der Waals surface area contributed by atoms with Gasteiger partial charge in [-0.05, 0) is 64.6 Å². The number of halogens is 1. The van der Waals surface area contributed by atoms with E-state index in [2.05, 4.69) is 22.3 Å². The molecular weight excluding hydrogens is 283 g/mol. The molecule has 1 aromatic rings. The largest absolute Gasteiger partial charge is 0.468 e. The average molecular weight is 314 g/mol. The number of likely N-dealkylation sites (N-methyl/N-ethyl adjacent to an activating group) is 1. The van der Waals surface area contributed by atoms with E-state index < -0.39 is 0 Å². The van der Waals surface area contributed by atoms with E-state index in [1.165, 1.54) is 30.5 Å². The van der Waals surface area contributed by atoms with Crippen LogP contribution in [0, 0.1) is 5.82 Å². The molecule has 128 valence electrons. The number of ether oxygens (including phenoxy) is 1. The van der Waals surface area contributed by atoms with E-state index in [0.717, 1.165) is 19.5 Å². The zero-order chi connectivity index (χ0) is 17.1. The first kappa shape index (κ1) is 22.8. The predicted molar refractivity (Wildman–Crippen MR) is 90.6 cm³/mol. The van der Waals surface area contributed by atoms with Gasteiger partial charge in [-0.15, -0.1) is 0 Å². The van der Waals surface area contributed by atoms with Crippen LogP contribution in [0.4, 0.5) is 4.39 Å². The Labute approximate surface area is 134 Å². The number of hydrogen-bond acceptors (Lipinski definition) is 4. The topological polar surface area (TPSA) is 50.4 Å². The zero-order valence-corrected chi connectivity index (χ0v) is 14.3. The summed E-state index contributed by atoms with van der Waals surface area (Å²) >= 11 is 0. The van der Waals surface area contributed by atoms with E-state index >= 15 is 0 Å². The van der Waals surface area contributed by atoms with Crippen LogP contribution in [0.25, 0.3) is 0 Å². The number of benzene rings is 1. The third-order valence-corrected chi connectivity index (χ3v) is 2.59. The lowest BCUT2D eigenvalue weighted by atomic mass is 10.1.